The Morgan fingerprint density at radius 1 is 1.22 bits per heavy atom. The predicted octanol–water partition coefficient (Wildman–Crippen LogP) is 3.48. The number of pyridine rings is 1. The lowest BCUT2D eigenvalue weighted by Crippen LogP contribution is -2.11. The molecule has 2 aromatic rings. The molecule has 0 radical (unpaired) electrons. The molecule has 0 saturated heterocycles. The van der Waals surface area contributed by atoms with Crippen LogP contribution in [-0.4, -0.2) is 22.0 Å². The molecule has 1 aromatic carbocycles. The fourth-order valence-electron chi connectivity index (χ4n) is 1.81. The molecule has 5 nitrogen and oxygen atoms in total. The number of benzene rings is 1. The molecule has 0 fully saturated rings. The van der Waals surface area contributed by atoms with Crippen molar-refractivity contribution in [3.63, 3.8) is 0 Å². The van der Waals surface area contributed by atoms with Crippen molar-refractivity contribution in [1.82, 2.24) is 4.98 Å². The van der Waals surface area contributed by atoms with Gasteiger partial charge in [-0.25, -0.2) is 22.9 Å². The number of anilines is 1. The molecule has 23 heavy (non-hydrogen) atoms. The van der Waals surface area contributed by atoms with Gasteiger partial charge in [0.25, 0.3) is 0 Å². The molecule has 2 rings (SSSR count). The SMILES string of the molecule is CC(=O)Nc1cc(-c2ccc(F)c(F)c2F)nc(C(=O)O)c1Cl. The lowest BCUT2D eigenvalue weighted by Gasteiger charge is -2.11. The Bertz CT molecular complexity index is 827. The van der Waals surface area contributed by atoms with Crippen LogP contribution in [0.2, 0.25) is 5.02 Å². The molecule has 9 heteroatoms. The number of rotatable bonds is 3. The maximum atomic E-state index is 13.9. The monoisotopic (exact) mass is 344 g/mol. The molecule has 0 aliphatic heterocycles. The Hall–Kier alpha value is -2.61. The van der Waals surface area contributed by atoms with Gasteiger partial charge in [0.15, 0.2) is 23.1 Å². The van der Waals surface area contributed by atoms with E-state index in [1.807, 2.05) is 0 Å². The van der Waals surface area contributed by atoms with E-state index in [0.29, 0.717) is 6.07 Å². The van der Waals surface area contributed by atoms with Gasteiger partial charge in [0.05, 0.1) is 16.4 Å². The highest BCUT2D eigenvalue weighted by Crippen LogP contribution is 2.32. The number of carboxylic acids is 1. The van der Waals surface area contributed by atoms with Crippen molar-refractivity contribution in [1.29, 1.82) is 0 Å². The second-order valence-electron chi connectivity index (χ2n) is 4.43. The van der Waals surface area contributed by atoms with Gasteiger partial charge in [0, 0.05) is 12.5 Å². The van der Waals surface area contributed by atoms with Crippen molar-refractivity contribution >= 4 is 29.2 Å². The van der Waals surface area contributed by atoms with Crippen LogP contribution in [0.5, 0.6) is 0 Å². The third-order valence-electron chi connectivity index (χ3n) is 2.78. The zero-order valence-corrected chi connectivity index (χ0v) is 12.2. The summed E-state index contributed by atoms with van der Waals surface area (Å²) in [6, 6.07) is 2.63. The van der Waals surface area contributed by atoms with Gasteiger partial charge in [-0.1, -0.05) is 11.6 Å². The summed E-state index contributed by atoms with van der Waals surface area (Å²) in [5.41, 5.74) is -1.62. The van der Waals surface area contributed by atoms with Gasteiger partial charge >= 0.3 is 5.97 Å². The largest absolute Gasteiger partial charge is 0.476 e. The maximum absolute atomic E-state index is 13.9. The molecular weight excluding hydrogens is 337 g/mol. The van der Waals surface area contributed by atoms with Gasteiger partial charge in [-0.15, -0.1) is 0 Å². The minimum atomic E-state index is -1.72. The molecule has 0 atom stereocenters. The minimum Gasteiger partial charge on any atom is -0.476 e. The third kappa shape index (κ3) is 3.26. The molecular formula is C14H8ClF3N2O3. The molecule has 0 unspecified atom stereocenters. The lowest BCUT2D eigenvalue weighted by molar-refractivity contribution is -0.114. The molecule has 0 aliphatic carbocycles. The fourth-order valence-corrected chi connectivity index (χ4v) is 2.04. The fraction of sp³-hybridized carbons (Fsp3) is 0.0714. The Morgan fingerprint density at radius 3 is 2.43 bits per heavy atom. The number of nitrogens with one attached hydrogen (secondary N) is 1. The van der Waals surface area contributed by atoms with Gasteiger partial charge in [-0.2, -0.15) is 0 Å². The Balaban J connectivity index is 2.72. The highest BCUT2D eigenvalue weighted by atomic mass is 35.5. The van der Waals surface area contributed by atoms with Crippen LogP contribution in [0.4, 0.5) is 18.9 Å². The van der Waals surface area contributed by atoms with Crippen LogP contribution in [-0.2, 0) is 4.79 Å². The van der Waals surface area contributed by atoms with Crippen molar-refractivity contribution < 1.29 is 27.9 Å². The number of carbonyl (C=O) groups excluding carboxylic acids is 1. The number of halogens is 4. The third-order valence-corrected chi connectivity index (χ3v) is 3.16. The van der Waals surface area contributed by atoms with E-state index in [1.165, 1.54) is 0 Å². The molecule has 120 valence electrons. The van der Waals surface area contributed by atoms with Crippen LogP contribution < -0.4 is 5.32 Å². The van der Waals surface area contributed by atoms with Crippen molar-refractivity contribution in [2.75, 3.05) is 5.32 Å². The quantitative estimate of drug-likeness (QED) is 0.835. The lowest BCUT2D eigenvalue weighted by atomic mass is 10.1. The molecule has 1 aromatic heterocycles. The van der Waals surface area contributed by atoms with Gasteiger partial charge in [0.2, 0.25) is 5.91 Å². The summed E-state index contributed by atoms with van der Waals surface area (Å²) in [5, 5.41) is 11.0. The van der Waals surface area contributed by atoms with E-state index in [2.05, 4.69) is 10.3 Å². The first kappa shape index (κ1) is 16.8. The summed E-state index contributed by atoms with van der Waals surface area (Å²) >= 11 is 5.82. The van der Waals surface area contributed by atoms with Gasteiger partial charge < -0.3 is 10.4 Å². The van der Waals surface area contributed by atoms with Crippen LogP contribution in [0.1, 0.15) is 17.4 Å². The highest BCUT2D eigenvalue weighted by molar-refractivity contribution is 6.36. The van der Waals surface area contributed by atoms with E-state index in [9.17, 15) is 22.8 Å². The van der Waals surface area contributed by atoms with E-state index >= 15 is 0 Å². The second kappa shape index (κ2) is 6.25. The molecule has 0 spiro atoms. The van der Waals surface area contributed by atoms with Crippen LogP contribution in [0, 0.1) is 17.5 Å². The number of amides is 1. The predicted molar refractivity (Wildman–Crippen MR) is 75.8 cm³/mol. The number of hydrogen-bond donors (Lipinski definition) is 2. The van der Waals surface area contributed by atoms with Crippen LogP contribution in [0.15, 0.2) is 18.2 Å². The van der Waals surface area contributed by atoms with Crippen LogP contribution >= 0.6 is 11.6 Å². The highest BCUT2D eigenvalue weighted by Gasteiger charge is 2.21. The number of aromatic nitrogens is 1. The van der Waals surface area contributed by atoms with E-state index in [0.717, 1.165) is 19.1 Å². The average Bonchev–Trinajstić information content (AvgIpc) is 2.46. The summed E-state index contributed by atoms with van der Waals surface area (Å²) in [7, 11) is 0. The van der Waals surface area contributed by atoms with Crippen molar-refractivity contribution in [3.05, 3.63) is 46.4 Å². The topological polar surface area (TPSA) is 79.3 Å². The summed E-state index contributed by atoms with van der Waals surface area (Å²) in [5.74, 6) is -6.76. The number of nitrogens with zero attached hydrogens (tertiary/aromatic N) is 1. The summed E-state index contributed by atoms with van der Waals surface area (Å²) < 4.78 is 40.2. The number of carbonyl (C=O) groups is 2. The van der Waals surface area contributed by atoms with E-state index in [4.69, 9.17) is 16.7 Å². The average molecular weight is 345 g/mol. The van der Waals surface area contributed by atoms with Gasteiger partial charge in [-0.3, -0.25) is 4.79 Å². The van der Waals surface area contributed by atoms with Crippen LogP contribution in [0.3, 0.4) is 0 Å². The zero-order valence-electron chi connectivity index (χ0n) is 11.5. The normalized spacial score (nSPS) is 10.5. The zero-order chi connectivity index (χ0) is 17.3. The summed E-state index contributed by atoms with van der Waals surface area (Å²) in [6.07, 6.45) is 0. The standard InChI is InChI=1S/C14H8ClF3N2O3/c1-5(21)19-9-4-8(20-13(10(9)15)14(22)23)6-2-3-7(16)12(18)11(6)17/h2-4H,1H3,(H,22,23)(H,19,20,21). The van der Waals surface area contributed by atoms with Crippen molar-refractivity contribution in [3.8, 4) is 11.3 Å². The molecule has 1 heterocycles. The van der Waals surface area contributed by atoms with Crippen molar-refractivity contribution in [2.24, 2.45) is 0 Å². The van der Waals surface area contributed by atoms with Crippen molar-refractivity contribution in [2.45, 2.75) is 6.92 Å². The molecule has 0 saturated carbocycles. The number of aromatic carboxylic acids is 1. The molecule has 2 N–H and O–H groups in total. The maximum Gasteiger partial charge on any atom is 0.356 e. The number of hydrogen-bond acceptors (Lipinski definition) is 3. The Labute approximate surface area is 132 Å². The number of carboxylic acid groups (broad SMARTS) is 1. The van der Waals surface area contributed by atoms with E-state index in [-0.39, 0.29) is 16.4 Å². The summed E-state index contributed by atoms with van der Waals surface area (Å²) in [6.45, 7) is 1.15. The Morgan fingerprint density at radius 2 is 1.87 bits per heavy atom. The van der Waals surface area contributed by atoms with E-state index in [1.54, 1.807) is 0 Å². The van der Waals surface area contributed by atoms with Crippen LogP contribution in [0.25, 0.3) is 11.3 Å². The summed E-state index contributed by atoms with van der Waals surface area (Å²) in [4.78, 5) is 25.9. The first-order valence-electron chi connectivity index (χ1n) is 6.07. The van der Waals surface area contributed by atoms with E-state index < -0.39 is 40.6 Å². The Kier molecular flexibility index (Phi) is 4.55. The first-order valence-corrected chi connectivity index (χ1v) is 6.45. The second-order valence-corrected chi connectivity index (χ2v) is 4.80. The molecule has 0 bridgehead atoms. The van der Waals surface area contributed by atoms with Gasteiger partial charge in [-0.05, 0) is 18.2 Å². The molecule has 0 aliphatic rings. The van der Waals surface area contributed by atoms with Gasteiger partial charge in [0.1, 0.15) is 0 Å². The minimum absolute atomic E-state index is 0.148. The smallest absolute Gasteiger partial charge is 0.356 e. The first-order chi connectivity index (χ1) is 10.7. The molecule has 1 amide bonds.